The average molecular weight is 778 g/mol. The molecular formula is C40H55N7O9. The van der Waals surface area contributed by atoms with Crippen molar-refractivity contribution in [1.82, 2.24) is 31.5 Å². The molecule has 1 fully saturated rings. The summed E-state index contributed by atoms with van der Waals surface area (Å²) in [5.74, 6) is -5.69. The zero-order chi connectivity index (χ0) is 41.3. The molecule has 16 heteroatoms. The summed E-state index contributed by atoms with van der Waals surface area (Å²) in [6, 6.07) is 4.93. The number of aliphatic hydroxyl groups excluding tert-OH is 1. The molecule has 9 atom stereocenters. The first kappa shape index (κ1) is 43.2. The van der Waals surface area contributed by atoms with Gasteiger partial charge in [-0.3, -0.25) is 33.6 Å². The van der Waals surface area contributed by atoms with Crippen LogP contribution in [0.3, 0.4) is 0 Å². The van der Waals surface area contributed by atoms with E-state index in [1.54, 1.807) is 44.2 Å². The van der Waals surface area contributed by atoms with E-state index in [1.165, 1.54) is 36.9 Å². The van der Waals surface area contributed by atoms with E-state index in [1.807, 2.05) is 13.8 Å². The maximum Gasteiger partial charge on any atom is 0.254 e. The van der Waals surface area contributed by atoms with E-state index in [2.05, 4.69) is 31.9 Å². The van der Waals surface area contributed by atoms with Crippen LogP contribution in [-0.4, -0.2) is 105 Å². The van der Waals surface area contributed by atoms with Crippen LogP contribution >= 0.6 is 0 Å². The van der Waals surface area contributed by atoms with Crippen molar-refractivity contribution in [3.05, 3.63) is 59.7 Å². The predicted octanol–water partition coefficient (Wildman–Crippen LogP) is 1.11. The Morgan fingerprint density at radius 2 is 1.32 bits per heavy atom. The molecule has 56 heavy (non-hydrogen) atoms. The van der Waals surface area contributed by atoms with E-state index in [-0.39, 0.29) is 35.9 Å². The molecule has 0 saturated carbocycles. The Morgan fingerprint density at radius 1 is 0.714 bits per heavy atom. The molecule has 8 N–H and O–H groups in total. The number of rotatable bonds is 7. The van der Waals surface area contributed by atoms with E-state index in [9.17, 15) is 43.8 Å². The molecule has 2 aromatic rings. The summed E-state index contributed by atoms with van der Waals surface area (Å²) < 4.78 is 0. The third-order valence-electron chi connectivity index (χ3n) is 10.7. The van der Waals surface area contributed by atoms with Gasteiger partial charge in [-0.25, -0.2) is 0 Å². The molecule has 2 heterocycles. The van der Waals surface area contributed by atoms with Crippen LogP contribution in [0.2, 0.25) is 0 Å². The number of fused-ring (bicyclic) bond motifs is 2. The van der Waals surface area contributed by atoms with Crippen LogP contribution in [0.15, 0.2) is 48.5 Å². The minimum atomic E-state index is -1.58. The average Bonchev–Trinajstić information content (AvgIpc) is 3.67. The summed E-state index contributed by atoms with van der Waals surface area (Å²) in [5, 5.41) is 36.6. The number of para-hydroxylation sites is 1. The molecular weight excluding hydrogens is 722 g/mol. The fourth-order valence-corrected chi connectivity index (χ4v) is 6.74. The summed E-state index contributed by atoms with van der Waals surface area (Å²) in [4.78, 5) is 98.4. The SMILES string of the molecule is CC[C@@H](C)[C@H]1NC(=O)c2ccccc2NC(=O)[C@@H]2CCCN2C(=O)[C@H]([C@@H](C)CC)NC(=O)[C@H](C)NC(=O)[C@H]([C@@H](C)O)NC(=O)[C@H](Cc2ccc(O)cc2)NC1=O. The largest absolute Gasteiger partial charge is 0.508 e. The van der Waals surface area contributed by atoms with Gasteiger partial charge < -0.3 is 47.0 Å². The van der Waals surface area contributed by atoms with Gasteiger partial charge in [-0.1, -0.05) is 64.8 Å². The van der Waals surface area contributed by atoms with Crippen molar-refractivity contribution in [2.45, 2.75) is 116 Å². The second-order valence-electron chi connectivity index (χ2n) is 14.8. The van der Waals surface area contributed by atoms with Crippen molar-refractivity contribution < 1.29 is 43.8 Å². The number of aliphatic hydroxyl groups is 1. The Morgan fingerprint density at radius 3 is 1.96 bits per heavy atom. The van der Waals surface area contributed by atoms with Gasteiger partial charge in [0.2, 0.25) is 35.4 Å². The van der Waals surface area contributed by atoms with Gasteiger partial charge in [-0.05, 0) is 68.4 Å². The zero-order valence-corrected chi connectivity index (χ0v) is 32.8. The lowest BCUT2D eigenvalue weighted by Gasteiger charge is -2.32. The van der Waals surface area contributed by atoms with Gasteiger partial charge >= 0.3 is 0 Å². The number of phenols is 1. The van der Waals surface area contributed by atoms with E-state index in [0.717, 1.165) is 0 Å². The maximum atomic E-state index is 14.1. The highest BCUT2D eigenvalue weighted by atomic mass is 16.3. The van der Waals surface area contributed by atoms with Crippen molar-refractivity contribution in [2.75, 3.05) is 11.9 Å². The molecule has 0 radical (unpaired) electrons. The summed E-state index contributed by atoms with van der Waals surface area (Å²) in [7, 11) is 0. The number of benzene rings is 2. The number of anilines is 1. The van der Waals surface area contributed by atoms with Crippen molar-refractivity contribution in [3.8, 4) is 5.75 Å². The Hall–Kier alpha value is -5.51. The minimum absolute atomic E-state index is 0.0230. The molecule has 4 rings (SSSR count). The molecule has 0 unspecified atom stereocenters. The lowest BCUT2D eigenvalue weighted by Crippen LogP contribution is -2.62. The predicted molar refractivity (Wildman–Crippen MR) is 207 cm³/mol. The Kier molecular flexibility index (Phi) is 15.0. The Labute approximate surface area is 326 Å². The van der Waals surface area contributed by atoms with Crippen LogP contribution < -0.4 is 31.9 Å². The second kappa shape index (κ2) is 19.4. The summed E-state index contributed by atoms with van der Waals surface area (Å²) in [5.41, 5.74) is 0.751. The third kappa shape index (κ3) is 10.6. The molecule has 2 aliphatic heterocycles. The fourth-order valence-electron chi connectivity index (χ4n) is 6.74. The number of phenolic OH excluding ortho intramolecular Hbond substituents is 1. The van der Waals surface area contributed by atoms with Gasteiger partial charge in [0.25, 0.3) is 5.91 Å². The number of hydrogen-bond acceptors (Lipinski definition) is 9. The van der Waals surface area contributed by atoms with Gasteiger partial charge in [-0.2, -0.15) is 0 Å². The van der Waals surface area contributed by atoms with Gasteiger partial charge in [0.05, 0.1) is 17.4 Å². The van der Waals surface area contributed by atoms with Crippen LogP contribution in [0.25, 0.3) is 0 Å². The number of hydrogen-bond donors (Lipinski definition) is 8. The smallest absolute Gasteiger partial charge is 0.254 e. The van der Waals surface area contributed by atoms with Crippen molar-refractivity contribution in [3.63, 3.8) is 0 Å². The lowest BCUT2D eigenvalue weighted by molar-refractivity contribution is -0.142. The van der Waals surface area contributed by atoms with Gasteiger partial charge in [0.15, 0.2) is 0 Å². The first-order chi connectivity index (χ1) is 26.6. The fraction of sp³-hybridized carbons (Fsp3) is 0.525. The van der Waals surface area contributed by atoms with Gasteiger partial charge in [0.1, 0.15) is 42.0 Å². The number of amides is 7. The molecule has 2 aromatic carbocycles. The van der Waals surface area contributed by atoms with Crippen LogP contribution in [0.4, 0.5) is 5.69 Å². The summed E-state index contributed by atoms with van der Waals surface area (Å²) in [6.07, 6.45) is 0.249. The van der Waals surface area contributed by atoms with Crippen LogP contribution in [0.5, 0.6) is 5.75 Å². The third-order valence-corrected chi connectivity index (χ3v) is 10.7. The number of carbonyl (C=O) groups is 7. The monoisotopic (exact) mass is 777 g/mol. The highest BCUT2D eigenvalue weighted by Crippen LogP contribution is 2.25. The van der Waals surface area contributed by atoms with Crippen LogP contribution in [-0.2, 0) is 35.2 Å². The highest BCUT2D eigenvalue weighted by Gasteiger charge is 2.41. The Balaban J connectivity index is 1.78. The van der Waals surface area contributed by atoms with Gasteiger partial charge in [-0.15, -0.1) is 0 Å². The van der Waals surface area contributed by atoms with Crippen molar-refractivity contribution in [1.29, 1.82) is 0 Å². The van der Waals surface area contributed by atoms with E-state index >= 15 is 0 Å². The maximum absolute atomic E-state index is 14.1. The van der Waals surface area contributed by atoms with Crippen LogP contribution in [0.1, 0.15) is 83.1 Å². The van der Waals surface area contributed by atoms with E-state index in [0.29, 0.717) is 31.2 Å². The number of nitrogens with zero attached hydrogens (tertiary/aromatic N) is 1. The molecule has 0 spiro atoms. The van der Waals surface area contributed by atoms with E-state index < -0.39 is 89.6 Å². The molecule has 0 aliphatic carbocycles. The normalized spacial score (nSPS) is 26.3. The Bertz CT molecular complexity index is 1770. The second-order valence-corrected chi connectivity index (χ2v) is 14.8. The first-order valence-electron chi connectivity index (χ1n) is 19.2. The minimum Gasteiger partial charge on any atom is -0.508 e. The number of aromatic hydroxyl groups is 1. The molecule has 0 bridgehead atoms. The van der Waals surface area contributed by atoms with Crippen molar-refractivity contribution in [2.24, 2.45) is 11.8 Å². The number of carbonyl (C=O) groups excluding carboxylic acids is 7. The summed E-state index contributed by atoms with van der Waals surface area (Å²) in [6.45, 7) is 10.1. The standard InChI is InChI=1S/C40H55N7O9/c1-7-21(3)31-38(54)43-29(20-25-15-17-26(49)18-16-25)36(52)46-33(24(6)48)39(55)41-23(5)34(50)45-32(22(4)8-2)40(56)47-19-11-14-30(47)37(53)42-28-13-10-9-12-27(28)35(51)44-31/h9-10,12-13,15-18,21-24,29-33,48-49H,7-8,11,14,19-20H2,1-6H3,(H,41,55)(H,42,53)(H,43,54)(H,44,51)(H,45,50)(H,46,52)/t21-,22+,23+,24-,29+,30+,31-,32+,33+/m1/s1. The number of nitrogens with one attached hydrogen (secondary N) is 6. The molecule has 0 aromatic heterocycles. The van der Waals surface area contributed by atoms with Gasteiger partial charge in [0, 0.05) is 13.0 Å². The topological polar surface area (TPSA) is 235 Å². The molecule has 304 valence electrons. The zero-order valence-electron chi connectivity index (χ0n) is 32.8. The van der Waals surface area contributed by atoms with E-state index in [4.69, 9.17) is 0 Å². The molecule has 1 saturated heterocycles. The summed E-state index contributed by atoms with van der Waals surface area (Å²) >= 11 is 0. The van der Waals surface area contributed by atoms with Crippen molar-refractivity contribution >= 4 is 47.0 Å². The highest BCUT2D eigenvalue weighted by molar-refractivity contribution is 6.07. The first-order valence-corrected chi connectivity index (χ1v) is 19.2. The van der Waals surface area contributed by atoms with Crippen LogP contribution in [0, 0.1) is 11.8 Å². The lowest BCUT2D eigenvalue weighted by atomic mass is 9.96. The molecule has 16 nitrogen and oxygen atoms in total. The molecule has 2 aliphatic rings. The molecule has 7 amide bonds. The quantitative estimate of drug-likeness (QED) is 0.201.